The van der Waals surface area contributed by atoms with Gasteiger partial charge in [-0.2, -0.15) is 0 Å². The maximum absolute atomic E-state index is 14.4. The normalized spacial score (nSPS) is 15.6. The van der Waals surface area contributed by atoms with E-state index in [0.717, 1.165) is 25.3 Å². The van der Waals surface area contributed by atoms with Crippen molar-refractivity contribution in [1.82, 2.24) is 5.32 Å². The number of benzene rings is 2. The summed E-state index contributed by atoms with van der Waals surface area (Å²) in [5.74, 6) is -2.72. The first kappa shape index (κ1) is 24.3. The highest BCUT2D eigenvalue weighted by molar-refractivity contribution is 5.74. The molecule has 1 atom stereocenters. The van der Waals surface area contributed by atoms with Crippen molar-refractivity contribution in [1.29, 1.82) is 0 Å². The molecular formula is C26H33F2NO3. The average Bonchev–Trinajstić information content (AvgIpc) is 3.09. The zero-order valence-electron chi connectivity index (χ0n) is 19.2. The second kappa shape index (κ2) is 9.28. The zero-order valence-corrected chi connectivity index (χ0v) is 19.2. The van der Waals surface area contributed by atoms with E-state index in [9.17, 15) is 23.8 Å². The topological polar surface area (TPSA) is 69.6 Å². The van der Waals surface area contributed by atoms with Gasteiger partial charge >= 0.3 is 5.97 Å². The van der Waals surface area contributed by atoms with E-state index in [1.165, 1.54) is 31.0 Å². The summed E-state index contributed by atoms with van der Waals surface area (Å²) in [6, 6.07) is 10.8. The Balaban J connectivity index is 1.65. The average molecular weight is 446 g/mol. The number of carbonyl (C=O) groups is 1. The van der Waals surface area contributed by atoms with Crippen LogP contribution in [0, 0.1) is 23.0 Å². The molecule has 2 aromatic carbocycles. The Morgan fingerprint density at radius 1 is 1.12 bits per heavy atom. The first-order chi connectivity index (χ1) is 14.9. The fraction of sp³-hybridized carbons (Fsp3) is 0.500. The van der Waals surface area contributed by atoms with Gasteiger partial charge in [-0.25, -0.2) is 8.78 Å². The van der Waals surface area contributed by atoms with Crippen LogP contribution >= 0.6 is 0 Å². The summed E-state index contributed by atoms with van der Waals surface area (Å²) in [7, 11) is 0. The highest BCUT2D eigenvalue weighted by atomic mass is 19.2. The van der Waals surface area contributed by atoms with Crippen molar-refractivity contribution in [3.05, 3.63) is 70.3 Å². The van der Waals surface area contributed by atoms with Crippen molar-refractivity contribution in [2.24, 2.45) is 11.3 Å². The molecule has 3 N–H and O–H groups in total. The molecule has 3 rings (SSSR count). The van der Waals surface area contributed by atoms with Crippen LogP contribution in [0.4, 0.5) is 8.78 Å². The third-order valence-electron chi connectivity index (χ3n) is 6.41. The van der Waals surface area contributed by atoms with E-state index in [1.54, 1.807) is 0 Å². The van der Waals surface area contributed by atoms with Gasteiger partial charge in [0, 0.05) is 17.6 Å². The lowest BCUT2D eigenvalue weighted by Gasteiger charge is -2.31. The molecule has 1 aliphatic carbocycles. The second-order valence-corrected chi connectivity index (χ2v) is 10.4. The minimum Gasteiger partial charge on any atom is -0.481 e. The number of aliphatic hydroxyl groups excluding tert-OH is 1. The molecule has 0 unspecified atom stereocenters. The van der Waals surface area contributed by atoms with Crippen molar-refractivity contribution in [2.45, 2.75) is 65.0 Å². The Hall–Kier alpha value is -2.31. The lowest BCUT2D eigenvalue weighted by Crippen LogP contribution is -2.43. The number of rotatable bonds is 9. The van der Waals surface area contributed by atoms with Crippen molar-refractivity contribution in [2.75, 3.05) is 6.54 Å². The maximum atomic E-state index is 14.4. The van der Waals surface area contributed by atoms with Gasteiger partial charge in [-0.3, -0.25) is 4.79 Å². The number of β-amino-alcohol motifs (C(OH)–C–C–N with tert-alkyl or cyclic N) is 1. The first-order valence-corrected chi connectivity index (χ1v) is 11.1. The van der Waals surface area contributed by atoms with Crippen LogP contribution in [0.3, 0.4) is 0 Å². The number of carboxylic acids is 1. The molecule has 4 nitrogen and oxygen atoms in total. The number of carboxylic acid groups (broad SMARTS) is 1. The molecular weight excluding hydrogens is 412 g/mol. The summed E-state index contributed by atoms with van der Waals surface area (Å²) in [6.07, 6.45) is 1.70. The second-order valence-electron chi connectivity index (χ2n) is 10.4. The van der Waals surface area contributed by atoms with E-state index >= 15 is 0 Å². The number of aliphatic hydroxyl groups is 1. The fourth-order valence-corrected chi connectivity index (χ4v) is 4.67. The van der Waals surface area contributed by atoms with E-state index < -0.39 is 29.1 Å². The molecule has 0 bridgehead atoms. The predicted molar refractivity (Wildman–Crippen MR) is 120 cm³/mol. The van der Waals surface area contributed by atoms with Crippen LogP contribution in [0.5, 0.6) is 0 Å². The Bertz CT molecular complexity index is 962. The first-order valence-electron chi connectivity index (χ1n) is 11.1. The fourth-order valence-electron chi connectivity index (χ4n) is 4.67. The molecule has 0 radical (unpaired) electrons. The summed E-state index contributed by atoms with van der Waals surface area (Å²) < 4.78 is 28.6. The monoisotopic (exact) mass is 445 g/mol. The van der Waals surface area contributed by atoms with Crippen molar-refractivity contribution in [3.63, 3.8) is 0 Å². The van der Waals surface area contributed by atoms with Gasteiger partial charge in [-0.15, -0.1) is 0 Å². The zero-order chi connectivity index (χ0) is 23.7. The van der Waals surface area contributed by atoms with Gasteiger partial charge in [0.05, 0.1) is 11.5 Å². The summed E-state index contributed by atoms with van der Waals surface area (Å²) in [5, 5.41) is 23.3. The Morgan fingerprint density at radius 2 is 1.72 bits per heavy atom. The highest BCUT2D eigenvalue weighted by Crippen LogP contribution is 2.32. The van der Waals surface area contributed by atoms with E-state index in [4.69, 9.17) is 0 Å². The number of halogens is 2. The molecule has 0 amide bonds. The minimum absolute atomic E-state index is 0.0282. The van der Waals surface area contributed by atoms with Crippen molar-refractivity contribution in [3.8, 4) is 0 Å². The summed E-state index contributed by atoms with van der Waals surface area (Å²) in [6.45, 7) is 7.21. The summed E-state index contributed by atoms with van der Waals surface area (Å²) in [5.41, 5.74) is 1.52. The van der Waals surface area contributed by atoms with Crippen LogP contribution < -0.4 is 5.32 Å². The number of nitrogens with one attached hydrogen (secondary N) is 1. The van der Waals surface area contributed by atoms with E-state index in [1.807, 2.05) is 13.8 Å². The number of fused-ring (bicyclic) bond motifs is 1. The number of hydrogen-bond donors (Lipinski definition) is 3. The lowest BCUT2D eigenvalue weighted by atomic mass is 9.85. The van der Waals surface area contributed by atoms with Crippen molar-refractivity contribution < 1.29 is 23.8 Å². The number of aliphatic carboxylic acids is 1. The van der Waals surface area contributed by atoms with Gasteiger partial charge in [0.15, 0.2) is 11.6 Å². The van der Waals surface area contributed by atoms with Crippen LogP contribution in [0.25, 0.3) is 0 Å². The lowest BCUT2D eigenvalue weighted by molar-refractivity contribution is -0.146. The Morgan fingerprint density at radius 3 is 2.28 bits per heavy atom. The maximum Gasteiger partial charge on any atom is 0.309 e. The predicted octanol–water partition coefficient (Wildman–Crippen LogP) is 4.82. The van der Waals surface area contributed by atoms with Crippen molar-refractivity contribution >= 4 is 5.97 Å². The molecule has 32 heavy (non-hydrogen) atoms. The molecule has 0 aromatic heterocycles. The molecule has 0 aliphatic heterocycles. The minimum atomic E-state index is -1.25. The van der Waals surface area contributed by atoms with Gasteiger partial charge in [0.1, 0.15) is 0 Å². The van der Waals surface area contributed by atoms with Gasteiger partial charge in [0.25, 0.3) is 0 Å². The number of hydrogen-bond acceptors (Lipinski definition) is 3. The molecule has 0 saturated heterocycles. The van der Waals surface area contributed by atoms with Gasteiger partial charge < -0.3 is 15.5 Å². The Labute approximate surface area is 188 Å². The molecule has 0 heterocycles. The molecule has 1 aliphatic rings. The van der Waals surface area contributed by atoms with Crippen LogP contribution in [-0.2, 0) is 24.1 Å². The third-order valence-corrected chi connectivity index (χ3v) is 6.41. The largest absolute Gasteiger partial charge is 0.481 e. The van der Waals surface area contributed by atoms with Gasteiger partial charge in [-0.1, -0.05) is 24.3 Å². The summed E-state index contributed by atoms with van der Waals surface area (Å²) >= 11 is 0. The quantitative estimate of drug-likeness (QED) is 0.517. The van der Waals surface area contributed by atoms with E-state index in [-0.39, 0.29) is 24.1 Å². The Kier molecular flexibility index (Phi) is 7.06. The van der Waals surface area contributed by atoms with Crippen LogP contribution in [0.1, 0.15) is 62.5 Å². The highest BCUT2D eigenvalue weighted by Gasteiger charge is 2.31. The molecule has 2 aromatic rings. The smallest absolute Gasteiger partial charge is 0.309 e. The molecule has 174 valence electrons. The molecule has 0 spiro atoms. The van der Waals surface area contributed by atoms with E-state index in [0.29, 0.717) is 11.5 Å². The standard InChI is InChI=1S/C26H33F2NO3/c1-25(2,24(31)32)13-17-11-20(23(28)21(27)12-17)22(30)15-29-26(3,4)14-16-9-18-7-5-6-8-19(18)10-16/h5-8,11-12,16,22,29-30H,9-10,13-15H2,1-4H3,(H,31,32)/t22-/m1/s1. The third kappa shape index (κ3) is 5.73. The van der Waals surface area contributed by atoms with Crippen LogP contribution in [0.2, 0.25) is 0 Å². The molecule has 0 saturated carbocycles. The SMILES string of the molecule is CC(C)(CC1Cc2ccccc2C1)NC[C@@H](O)c1cc(CC(C)(C)C(=O)O)cc(F)c1F. The van der Waals surface area contributed by atoms with E-state index in [2.05, 4.69) is 29.6 Å². The van der Waals surface area contributed by atoms with Gasteiger partial charge in [0.2, 0.25) is 0 Å². The molecule has 6 heteroatoms. The van der Waals surface area contributed by atoms with Crippen LogP contribution in [-0.4, -0.2) is 28.3 Å². The molecule has 0 fully saturated rings. The summed E-state index contributed by atoms with van der Waals surface area (Å²) in [4.78, 5) is 11.4. The van der Waals surface area contributed by atoms with Gasteiger partial charge in [-0.05, 0) is 88.1 Å². The van der Waals surface area contributed by atoms with Crippen LogP contribution in [0.15, 0.2) is 36.4 Å².